The Balaban J connectivity index is 2.85. The highest BCUT2D eigenvalue weighted by Gasteiger charge is 2.30. The predicted octanol–water partition coefficient (Wildman–Crippen LogP) is 1.27. The van der Waals surface area contributed by atoms with Crippen molar-refractivity contribution in [2.75, 3.05) is 20.6 Å². The first kappa shape index (κ1) is 10.5. The Bertz CT molecular complexity index is 273. The third-order valence-electron chi connectivity index (χ3n) is 1.57. The zero-order valence-corrected chi connectivity index (χ0v) is 9.54. The lowest BCUT2D eigenvalue weighted by Crippen LogP contribution is -2.27. The van der Waals surface area contributed by atoms with E-state index in [-0.39, 0.29) is 5.91 Å². The molecule has 0 aromatic rings. The predicted molar refractivity (Wildman–Crippen MR) is 59.3 cm³/mol. The number of nitrogens with zero attached hydrogens (tertiary/aromatic N) is 2. The molecule has 0 aliphatic carbocycles. The highest BCUT2D eigenvalue weighted by atomic mass is 32.2. The number of hydrogen-bond donors (Lipinski definition) is 0. The summed E-state index contributed by atoms with van der Waals surface area (Å²) in [5.74, 6) is 0.0196. The summed E-state index contributed by atoms with van der Waals surface area (Å²) in [6, 6.07) is 0. The molecule has 0 atom stereocenters. The molecule has 0 aromatic carbocycles. The van der Waals surface area contributed by atoms with Crippen molar-refractivity contribution < 1.29 is 4.79 Å². The van der Waals surface area contributed by atoms with Gasteiger partial charge >= 0.3 is 0 Å². The van der Waals surface area contributed by atoms with Crippen LogP contribution in [0, 0.1) is 0 Å². The van der Waals surface area contributed by atoms with Crippen LogP contribution < -0.4 is 0 Å². The molecule has 0 aromatic heterocycles. The van der Waals surface area contributed by atoms with E-state index >= 15 is 0 Å². The van der Waals surface area contributed by atoms with E-state index in [0.717, 1.165) is 0 Å². The van der Waals surface area contributed by atoms with Crippen molar-refractivity contribution in [2.45, 2.75) is 6.92 Å². The van der Waals surface area contributed by atoms with Crippen LogP contribution in [0.25, 0.3) is 0 Å². The standard InChI is InChI=1S/C8H12N2OS2/c1-4-10-7(11)6(5-9(2)3)13-8(10)12/h5H,4H2,1-3H3/b6-5+. The topological polar surface area (TPSA) is 23.6 Å². The van der Waals surface area contributed by atoms with E-state index in [1.807, 2.05) is 25.9 Å². The van der Waals surface area contributed by atoms with Crippen LogP contribution in [0.5, 0.6) is 0 Å². The van der Waals surface area contributed by atoms with Crippen LogP contribution in [-0.4, -0.2) is 40.7 Å². The van der Waals surface area contributed by atoms with Gasteiger partial charge in [-0.15, -0.1) is 0 Å². The molecule has 72 valence electrons. The minimum absolute atomic E-state index is 0.0196. The molecule has 0 radical (unpaired) electrons. The normalized spacial score (nSPS) is 20.2. The first-order chi connectivity index (χ1) is 6.06. The molecule has 0 saturated carbocycles. The number of likely N-dealkylation sites (N-methyl/N-ethyl adjacent to an activating group) is 1. The Labute approximate surface area is 87.8 Å². The molecule has 1 aliphatic rings. The van der Waals surface area contributed by atoms with E-state index in [4.69, 9.17) is 12.2 Å². The molecule has 5 heteroatoms. The Hall–Kier alpha value is -0.550. The molecular weight excluding hydrogens is 204 g/mol. The summed E-state index contributed by atoms with van der Waals surface area (Å²) < 4.78 is 0.653. The average molecular weight is 216 g/mol. The number of amides is 1. The number of hydrogen-bond acceptors (Lipinski definition) is 4. The fraction of sp³-hybridized carbons (Fsp3) is 0.500. The second-order valence-electron chi connectivity index (χ2n) is 2.87. The van der Waals surface area contributed by atoms with Gasteiger partial charge in [-0.3, -0.25) is 9.69 Å². The van der Waals surface area contributed by atoms with Gasteiger partial charge in [-0.25, -0.2) is 0 Å². The van der Waals surface area contributed by atoms with Gasteiger partial charge in [0.25, 0.3) is 5.91 Å². The molecule has 1 aliphatic heterocycles. The number of carbonyl (C=O) groups is 1. The van der Waals surface area contributed by atoms with Gasteiger partial charge in [-0.05, 0) is 6.92 Å². The van der Waals surface area contributed by atoms with Gasteiger partial charge < -0.3 is 4.90 Å². The lowest BCUT2D eigenvalue weighted by Gasteiger charge is -2.10. The Morgan fingerprint density at radius 3 is 2.62 bits per heavy atom. The van der Waals surface area contributed by atoms with Crippen LogP contribution in [0.3, 0.4) is 0 Å². The summed E-state index contributed by atoms with van der Waals surface area (Å²) in [5, 5.41) is 0. The van der Waals surface area contributed by atoms with Gasteiger partial charge in [0, 0.05) is 26.8 Å². The maximum atomic E-state index is 11.6. The van der Waals surface area contributed by atoms with Crippen LogP contribution in [0.1, 0.15) is 6.92 Å². The maximum absolute atomic E-state index is 11.6. The molecule has 1 heterocycles. The average Bonchev–Trinajstić information content (AvgIpc) is 2.26. The molecule has 3 nitrogen and oxygen atoms in total. The molecular formula is C8H12N2OS2. The van der Waals surface area contributed by atoms with E-state index in [1.165, 1.54) is 11.8 Å². The molecule has 0 spiro atoms. The highest BCUT2D eigenvalue weighted by Crippen LogP contribution is 2.30. The zero-order valence-electron chi connectivity index (χ0n) is 7.90. The van der Waals surface area contributed by atoms with Crippen molar-refractivity contribution in [1.29, 1.82) is 0 Å². The lowest BCUT2D eigenvalue weighted by atomic mass is 10.5. The van der Waals surface area contributed by atoms with Gasteiger partial charge in [-0.1, -0.05) is 24.0 Å². The van der Waals surface area contributed by atoms with Gasteiger partial charge in [0.2, 0.25) is 0 Å². The summed E-state index contributed by atoms with van der Waals surface area (Å²) in [6.07, 6.45) is 1.80. The fourth-order valence-electron chi connectivity index (χ4n) is 0.998. The molecule has 1 saturated heterocycles. The van der Waals surface area contributed by atoms with E-state index < -0.39 is 0 Å². The molecule has 0 unspecified atom stereocenters. The van der Waals surface area contributed by atoms with Crippen LogP contribution in [0.4, 0.5) is 0 Å². The van der Waals surface area contributed by atoms with Crippen molar-refractivity contribution >= 4 is 34.2 Å². The van der Waals surface area contributed by atoms with E-state index in [2.05, 4.69) is 0 Å². The van der Waals surface area contributed by atoms with Crippen molar-refractivity contribution in [1.82, 2.24) is 9.80 Å². The minimum atomic E-state index is 0.0196. The van der Waals surface area contributed by atoms with Crippen molar-refractivity contribution in [2.24, 2.45) is 0 Å². The Morgan fingerprint density at radius 2 is 2.23 bits per heavy atom. The second kappa shape index (κ2) is 4.11. The van der Waals surface area contributed by atoms with Crippen LogP contribution in [-0.2, 0) is 4.79 Å². The Kier molecular flexibility index (Phi) is 3.33. The number of thioether (sulfide) groups is 1. The molecule has 13 heavy (non-hydrogen) atoms. The molecule has 0 N–H and O–H groups in total. The number of carbonyl (C=O) groups excluding carboxylic acids is 1. The third kappa shape index (κ3) is 2.22. The smallest absolute Gasteiger partial charge is 0.267 e. The monoisotopic (exact) mass is 216 g/mol. The summed E-state index contributed by atoms with van der Waals surface area (Å²) in [5.41, 5.74) is 0. The van der Waals surface area contributed by atoms with Crippen molar-refractivity contribution in [3.05, 3.63) is 11.1 Å². The molecule has 1 fully saturated rings. The minimum Gasteiger partial charge on any atom is -0.382 e. The third-order valence-corrected chi connectivity index (χ3v) is 2.93. The first-order valence-corrected chi connectivity index (χ1v) is 5.20. The van der Waals surface area contributed by atoms with E-state index in [0.29, 0.717) is 15.8 Å². The second-order valence-corrected chi connectivity index (χ2v) is 4.55. The number of thiocarbonyl (C=S) groups is 1. The summed E-state index contributed by atoms with van der Waals surface area (Å²) in [6.45, 7) is 2.57. The van der Waals surface area contributed by atoms with Gasteiger partial charge in [0.15, 0.2) is 0 Å². The molecule has 0 bridgehead atoms. The number of rotatable bonds is 2. The van der Waals surface area contributed by atoms with Crippen molar-refractivity contribution in [3.8, 4) is 0 Å². The van der Waals surface area contributed by atoms with Gasteiger partial charge in [0.1, 0.15) is 4.32 Å². The van der Waals surface area contributed by atoms with Gasteiger partial charge in [0.05, 0.1) is 4.91 Å². The Morgan fingerprint density at radius 1 is 1.62 bits per heavy atom. The highest BCUT2D eigenvalue weighted by molar-refractivity contribution is 8.26. The largest absolute Gasteiger partial charge is 0.382 e. The van der Waals surface area contributed by atoms with Gasteiger partial charge in [-0.2, -0.15) is 0 Å². The fourth-order valence-corrected chi connectivity index (χ4v) is 2.45. The summed E-state index contributed by atoms with van der Waals surface area (Å²) in [7, 11) is 3.77. The lowest BCUT2D eigenvalue weighted by molar-refractivity contribution is -0.122. The summed E-state index contributed by atoms with van der Waals surface area (Å²) in [4.78, 5) is 15.8. The van der Waals surface area contributed by atoms with Crippen LogP contribution >= 0.6 is 24.0 Å². The van der Waals surface area contributed by atoms with E-state index in [1.54, 1.807) is 11.1 Å². The first-order valence-electron chi connectivity index (χ1n) is 3.98. The quantitative estimate of drug-likeness (QED) is 0.512. The molecule has 1 rings (SSSR count). The maximum Gasteiger partial charge on any atom is 0.267 e. The molecule has 1 amide bonds. The van der Waals surface area contributed by atoms with Crippen LogP contribution in [0.2, 0.25) is 0 Å². The SMILES string of the molecule is CCN1C(=O)/C(=C\N(C)C)SC1=S. The van der Waals surface area contributed by atoms with Crippen LogP contribution in [0.15, 0.2) is 11.1 Å². The zero-order chi connectivity index (χ0) is 10.0. The van der Waals surface area contributed by atoms with E-state index in [9.17, 15) is 4.79 Å². The van der Waals surface area contributed by atoms with Crippen molar-refractivity contribution in [3.63, 3.8) is 0 Å². The summed E-state index contributed by atoms with van der Waals surface area (Å²) >= 11 is 6.42.